The largest absolute Gasteiger partial charge is 0.489 e. The van der Waals surface area contributed by atoms with Crippen LogP contribution in [0.5, 0.6) is 5.75 Å². The first-order chi connectivity index (χ1) is 19.9. The molecule has 1 saturated heterocycles. The first kappa shape index (κ1) is 31.3. The second kappa shape index (κ2) is 13.1. The fourth-order valence-corrected chi connectivity index (χ4v) is 5.44. The summed E-state index contributed by atoms with van der Waals surface area (Å²) in [5.41, 5.74) is 2.46. The highest BCUT2D eigenvalue weighted by atomic mass is 35.5. The van der Waals surface area contributed by atoms with Gasteiger partial charge in [-0.15, -0.1) is 0 Å². The van der Waals surface area contributed by atoms with E-state index in [4.69, 9.17) is 40.0 Å². The van der Waals surface area contributed by atoms with Crippen molar-refractivity contribution in [2.45, 2.75) is 83.3 Å². The summed E-state index contributed by atoms with van der Waals surface area (Å²) in [7, 11) is 0. The van der Waals surface area contributed by atoms with Crippen molar-refractivity contribution in [3.05, 3.63) is 64.2 Å². The highest BCUT2D eigenvalue weighted by Gasteiger charge is 2.60. The molecule has 2 aromatic carbocycles. The zero-order valence-electron chi connectivity index (χ0n) is 23.7. The van der Waals surface area contributed by atoms with E-state index in [1.165, 1.54) is 29.3 Å². The Morgan fingerprint density at radius 1 is 0.905 bits per heavy atom. The number of fused-ring (bicyclic) bond motifs is 1. The van der Waals surface area contributed by atoms with Crippen molar-refractivity contribution in [3.8, 4) is 5.75 Å². The number of ether oxygens (including phenoxy) is 6. The maximum Gasteiger partial charge on any atom is 0.303 e. The summed E-state index contributed by atoms with van der Waals surface area (Å²) in [5, 5.41) is 12.4. The number of hydrogen-bond donors (Lipinski definition) is 1. The molecule has 0 amide bonds. The van der Waals surface area contributed by atoms with Crippen LogP contribution in [0.2, 0.25) is 5.02 Å². The SMILES string of the molecule is CC(=O)OC[C@H]1O[C@@](O)(c2ccc(Cl)c(OC3CCc4ccccc4C3)c2)[C@H](OC(C)=O)[C@@H](OC(C)=O)[C@@H]1OC(C)=O. The van der Waals surface area contributed by atoms with Crippen molar-refractivity contribution < 1.29 is 52.7 Å². The molecule has 6 atom stereocenters. The van der Waals surface area contributed by atoms with E-state index in [9.17, 15) is 24.3 Å². The van der Waals surface area contributed by atoms with Crippen molar-refractivity contribution in [2.75, 3.05) is 6.61 Å². The maximum atomic E-state index is 12.2. The van der Waals surface area contributed by atoms with Gasteiger partial charge in [-0.1, -0.05) is 41.9 Å². The van der Waals surface area contributed by atoms with Crippen LogP contribution in [0.25, 0.3) is 0 Å². The van der Waals surface area contributed by atoms with Crippen LogP contribution in [0.15, 0.2) is 42.5 Å². The number of carbonyl (C=O) groups excluding carboxylic acids is 4. The number of rotatable bonds is 8. The zero-order valence-corrected chi connectivity index (χ0v) is 24.4. The Bertz CT molecular complexity index is 1340. The van der Waals surface area contributed by atoms with Crippen LogP contribution in [0.4, 0.5) is 0 Å². The lowest BCUT2D eigenvalue weighted by molar-refractivity contribution is -0.360. The summed E-state index contributed by atoms with van der Waals surface area (Å²) >= 11 is 6.49. The van der Waals surface area contributed by atoms with E-state index in [1.807, 2.05) is 18.2 Å². The van der Waals surface area contributed by atoms with Crippen molar-refractivity contribution in [1.82, 2.24) is 0 Å². The number of halogens is 1. The molecular weight excluding hydrogens is 572 g/mol. The maximum absolute atomic E-state index is 12.2. The van der Waals surface area contributed by atoms with Gasteiger partial charge >= 0.3 is 23.9 Å². The molecule has 4 rings (SSSR count). The van der Waals surface area contributed by atoms with Crippen LogP contribution in [0.1, 0.15) is 50.8 Å². The third kappa shape index (κ3) is 7.21. The number of esters is 4. The Morgan fingerprint density at radius 3 is 2.19 bits per heavy atom. The summed E-state index contributed by atoms with van der Waals surface area (Å²) in [5.74, 6) is -5.37. The highest BCUT2D eigenvalue weighted by molar-refractivity contribution is 6.32. The molecule has 42 heavy (non-hydrogen) atoms. The minimum Gasteiger partial charge on any atom is -0.489 e. The van der Waals surface area contributed by atoms with E-state index in [0.29, 0.717) is 6.42 Å². The number of carbonyl (C=O) groups is 4. The second-order valence-electron chi connectivity index (χ2n) is 10.2. The molecule has 0 radical (unpaired) electrons. The molecule has 1 unspecified atom stereocenters. The van der Waals surface area contributed by atoms with Gasteiger partial charge in [0.25, 0.3) is 0 Å². The minimum atomic E-state index is -2.49. The fraction of sp³-hybridized carbons (Fsp3) is 0.467. The molecular formula is C30H33ClO11. The smallest absolute Gasteiger partial charge is 0.303 e. The van der Waals surface area contributed by atoms with Crippen molar-refractivity contribution >= 4 is 35.5 Å². The molecule has 0 spiro atoms. The van der Waals surface area contributed by atoms with Crippen LogP contribution >= 0.6 is 11.6 Å². The zero-order chi connectivity index (χ0) is 30.6. The van der Waals surface area contributed by atoms with Crippen molar-refractivity contribution in [3.63, 3.8) is 0 Å². The van der Waals surface area contributed by atoms with Gasteiger partial charge in [0.1, 0.15) is 24.6 Å². The predicted octanol–water partition coefficient (Wildman–Crippen LogP) is 3.18. The van der Waals surface area contributed by atoms with Gasteiger partial charge in [0.15, 0.2) is 12.2 Å². The Kier molecular flexibility index (Phi) is 9.75. The molecule has 226 valence electrons. The Hall–Kier alpha value is -3.67. The van der Waals surface area contributed by atoms with E-state index in [1.54, 1.807) is 0 Å². The molecule has 0 bridgehead atoms. The van der Waals surface area contributed by atoms with Crippen LogP contribution in [0, 0.1) is 0 Å². The van der Waals surface area contributed by atoms with E-state index >= 15 is 0 Å². The monoisotopic (exact) mass is 604 g/mol. The van der Waals surface area contributed by atoms with Gasteiger partial charge in [-0.3, -0.25) is 19.2 Å². The van der Waals surface area contributed by atoms with Crippen molar-refractivity contribution in [1.29, 1.82) is 0 Å². The van der Waals surface area contributed by atoms with E-state index in [2.05, 4.69) is 6.07 Å². The van der Waals surface area contributed by atoms with Crippen LogP contribution in [-0.2, 0) is 61.5 Å². The molecule has 0 aromatic heterocycles. The van der Waals surface area contributed by atoms with Gasteiger partial charge in [-0.2, -0.15) is 0 Å². The number of aryl methyl sites for hydroxylation is 1. The summed E-state index contributed by atoms with van der Waals surface area (Å²) in [6.07, 6.45) is -4.03. The number of benzene rings is 2. The Labute approximate surface area is 247 Å². The van der Waals surface area contributed by atoms with Crippen molar-refractivity contribution in [2.24, 2.45) is 0 Å². The van der Waals surface area contributed by atoms with Crippen LogP contribution in [0.3, 0.4) is 0 Å². The molecule has 2 aliphatic rings. The van der Waals surface area contributed by atoms with Gasteiger partial charge in [0.05, 0.1) is 5.02 Å². The molecule has 1 aliphatic carbocycles. The summed E-state index contributed by atoms with van der Waals surface area (Å²) in [6, 6.07) is 12.4. The molecule has 2 aromatic rings. The lowest BCUT2D eigenvalue weighted by atomic mass is 9.87. The molecule has 1 N–H and O–H groups in total. The quantitative estimate of drug-likeness (QED) is 0.350. The average Bonchev–Trinajstić information content (AvgIpc) is 2.91. The first-order valence-electron chi connectivity index (χ1n) is 13.5. The van der Waals surface area contributed by atoms with Gasteiger partial charge in [-0.25, -0.2) is 0 Å². The Morgan fingerprint density at radius 2 is 1.55 bits per heavy atom. The van der Waals surface area contributed by atoms with Gasteiger partial charge < -0.3 is 33.5 Å². The van der Waals surface area contributed by atoms with E-state index in [0.717, 1.165) is 40.5 Å². The van der Waals surface area contributed by atoms with Gasteiger partial charge in [0, 0.05) is 39.7 Å². The summed E-state index contributed by atoms with van der Waals surface area (Å²) < 4.78 is 33.7. The van der Waals surface area contributed by atoms with E-state index in [-0.39, 0.29) is 22.4 Å². The molecule has 0 saturated carbocycles. The lowest BCUT2D eigenvalue weighted by Crippen LogP contribution is -2.66. The van der Waals surface area contributed by atoms with Gasteiger partial charge in [-0.05, 0) is 36.1 Å². The molecule has 11 nitrogen and oxygen atoms in total. The topological polar surface area (TPSA) is 144 Å². The van der Waals surface area contributed by atoms with Gasteiger partial charge in [0.2, 0.25) is 11.9 Å². The first-order valence-corrected chi connectivity index (χ1v) is 13.8. The lowest BCUT2D eigenvalue weighted by Gasteiger charge is -2.48. The molecule has 1 fully saturated rings. The fourth-order valence-electron chi connectivity index (χ4n) is 5.27. The standard InChI is InChI=1S/C30H33ClO11/c1-16(32)37-15-26-27(38-17(2)33)28(39-18(3)34)29(40-19(4)35)30(36,42-26)22-10-12-24(31)25(14-22)41-23-11-9-20-7-5-6-8-21(20)13-23/h5-8,10,12,14,23,26-29,36H,9,11,13,15H2,1-4H3/t23?,26-,27-,28+,29-,30+/m1/s1. The third-order valence-corrected chi connectivity index (χ3v) is 7.31. The summed E-state index contributed by atoms with van der Waals surface area (Å²) in [6.45, 7) is 3.98. The Balaban J connectivity index is 1.74. The number of aliphatic hydroxyl groups is 1. The molecule has 1 heterocycles. The normalized spacial score (nSPS) is 26.8. The third-order valence-electron chi connectivity index (χ3n) is 6.99. The summed E-state index contributed by atoms with van der Waals surface area (Å²) in [4.78, 5) is 48.0. The predicted molar refractivity (Wildman–Crippen MR) is 146 cm³/mol. The highest BCUT2D eigenvalue weighted by Crippen LogP contribution is 2.43. The number of hydrogen-bond acceptors (Lipinski definition) is 11. The molecule has 12 heteroatoms. The average molecular weight is 605 g/mol. The van der Waals surface area contributed by atoms with Crippen LogP contribution < -0.4 is 4.74 Å². The van der Waals surface area contributed by atoms with Crippen LogP contribution in [-0.4, -0.2) is 66.1 Å². The second-order valence-corrected chi connectivity index (χ2v) is 10.6. The van der Waals surface area contributed by atoms with E-state index < -0.39 is 60.7 Å². The molecule has 1 aliphatic heterocycles. The minimum absolute atomic E-state index is 0.0376.